The maximum Gasteiger partial charge on any atom is 0.342 e. The van der Waals surface area contributed by atoms with Gasteiger partial charge in [0.05, 0.1) is 29.0 Å². The van der Waals surface area contributed by atoms with Gasteiger partial charge < -0.3 is 19.5 Å². The molecule has 2 N–H and O–H groups in total. The van der Waals surface area contributed by atoms with Crippen molar-refractivity contribution in [2.75, 3.05) is 0 Å². The molecule has 2 aromatic heterocycles. The lowest BCUT2D eigenvalue weighted by Crippen LogP contribution is -2.42. The van der Waals surface area contributed by atoms with Crippen LogP contribution in [0.2, 0.25) is 0 Å². The van der Waals surface area contributed by atoms with Crippen LogP contribution in [-0.4, -0.2) is 25.7 Å². The number of carbonyl (C=O) groups is 1. The molecule has 7 heteroatoms. The Balaban J connectivity index is 1.80. The molecule has 5 rings (SSSR count). The number of rotatable bonds is 0. The summed E-state index contributed by atoms with van der Waals surface area (Å²) in [5.41, 5.74) is 1.12. The molecule has 0 radical (unpaired) electrons. The molecule has 7 nitrogen and oxygen atoms in total. The first kappa shape index (κ1) is 15.1. The van der Waals surface area contributed by atoms with Gasteiger partial charge in [-0.15, -0.1) is 0 Å². The molecule has 2 aliphatic rings. The van der Waals surface area contributed by atoms with E-state index in [0.717, 1.165) is 10.9 Å². The first-order chi connectivity index (χ1) is 12.4. The largest absolute Gasteiger partial charge is 0.508 e. The van der Waals surface area contributed by atoms with Crippen LogP contribution < -0.4 is 5.56 Å². The number of benzene rings is 1. The molecular formula is C19H14N2O5. The number of aromatic hydroxyl groups is 1. The van der Waals surface area contributed by atoms with Crippen molar-refractivity contribution >= 4 is 16.9 Å². The molecule has 0 aliphatic carbocycles. The second-order valence-electron chi connectivity index (χ2n) is 6.83. The van der Waals surface area contributed by atoms with E-state index in [-0.39, 0.29) is 29.0 Å². The van der Waals surface area contributed by atoms with Gasteiger partial charge in [0.1, 0.15) is 12.4 Å². The molecule has 1 aromatic carbocycles. The Morgan fingerprint density at radius 2 is 2.04 bits per heavy atom. The standard InChI is InChI=1S/C19H14N2O5/c1-19(25)13-6-15-16-10(4-9-5-11(22)2-3-14(9)20-16)7-21(15)17(23)12(13)8-26-18(19)24/h2-6,22,25H,7-8H2,1H3. The first-order valence-corrected chi connectivity index (χ1v) is 8.16. The number of cyclic esters (lactones) is 1. The number of aromatic nitrogens is 2. The number of fused-ring (bicyclic) bond motifs is 5. The van der Waals surface area contributed by atoms with Crippen molar-refractivity contribution in [1.29, 1.82) is 0 Å². The van der Waals surface area contributed by atoms with Crippen LogP contribution in [0, 0.1) is 0 Å². The highest BCUT2D eigenvalue weighted by atomic mass is 16.6. The van der Waals surface area contributed by atoms with Gasteiger partial charge in [-0.1, -0.05) is 0 Å². The minimum absolute atomic E-state index is 0.147. The quantitative estimate of drug-likeness (QED) is 0.465. The van der Waals surface area contributed by atoms with Crippen LogP contribution in [0.1, 0.15) is 23.6 Å². The summed E-state index contributed by atoms with van der Waals surface area (Å²) in [5, 5.41) is 21.0. The van der Waals surface area contributed by atoms with Crippen molar-refractivity contribution in [3.63, 3.8) is 0 Å². The number of hydrogen-bond donors (Lipinski definition) is 2. The maximum atomic E-state index is 12.9. The Labute approximate surface area is 147 Å². The summed E-state index contributed by atoms with van der Waals surface area (Å²) >= 11 is 0. The van der Waals surface area contributed by atoms with E-state index in [0.29, 0.717) is 23.4 Å². The van der Waals surface area contributed by atoms with E-state index in [9.17, 15) is 19.8 Å². The summed E-state index contributed by atoms with van der Waals surface area (Å²) in [7, 11) is 0. The Morgan fingerprint density at radius 1 is 1.23 bits per heavy atom. The summed E-state index contributed by atoms with van der Waals surface area (Å²) < 4.78 is 6.54. The van der Waals surface area contributed by atoms with Crippen LogP contribution >= 0.6 is 0 Å². The molecule has 1 atom stereocenters. The number of nitrogens with zero attached hydrogens (tertiary/aromatic N) is 2. The third-order valence-electron chi connectivity index (χ3n) is 5.12. The zero-order chi connectivity index (χ0) is 18.2. The molecule has 1 unspecified atom stereocenters. The van der Waals surface area contributed by atoms with Crippen LogP contribution in [0.3, 0.4) is 0 Å². The number of phenolic OH excluding ortho intramolecular Hbond substituents is 1. The van der Waals surface area contributed by atoms with Crippen LogP contribution in [0.5, 0.6) is 5.75 Å². The average Bonchev–Trinajstić information content (AvgIpc) is 2.95. The molecule has 26 heavy (non-hydrogen) atoms. The molecule has 130 valence electrons. The number of aliphatic hydroxyl groups is 1. The third kappa shape index (κ3) is 1.83. The summed E-state index contributed by atoms with van der Waals surface area (Å²) in [6, 6.07) is 8.43. The van der Waals surface area contributed by atoms with Gasteiger partial charge in [-0.05, 0) is 37.3 Å². The molecule has 0 bridgehead atoms. The average molecular weight is 350 g/mol. The van der Waals surface area contributed by atoms with Crippen molar-refractivity contribution in [2.45, 2.75) is 25.7 Å². The lowest BCUT2D eigenvalue weighted by Gasteiger charge is -2.29. The van der Waals surface area contributed by atoms with E-state index < -0.39 is 11.6 Å². The van der Waals surface area contributed by atoms with Crippen molar-refractivity contribution in [3.05, 3.63) is 57.4 Å². The van der Waals surface area contributed by atoms with Gasteiger partial charge in [0.2, 0.25) is 0 Å². The Morgan fingerprint density at radius 3 is 2.85 bits per heavy atom. The number of esters is 1. The van der Waals surface area contributed by atoms with Gasteiger partial charge in [-0.3, -0.25) is 4.79 Å². The summed E-state index contributed by atoms with van der Waals surface area (Å²) in [5.74, 6) is -0.622. The lowest BCUT2D eigenvalue weighted by molar-refractivity contribution is -0.169. The van der Waals surface area contributed by atoms with Crippen molar-refractivity contribution in [2.24, 2.45) is 0 Å². The first-order valence-electron chi connectivity index (χ1n) is 8.16. The summed E-state index contributed by atoms with van der Waals surface area (Å²) in [6.45, 7) is 1.52. The Hall–Kier alpha value is -3.19. The fraction of sp³-hybridized carbons (Fsp3) is 0.211. The second-order valence-corrected chi connectivity index (χ2v) is 6.83. The maximum absolute atomic E-state index is 12.9. The van der Waals surface area contributed by atoms with Crippen LogP contribution in [0.15, 0.2) is 35.1 Å². The lowest BCUT2D eigenvalue weighted by atomic mass is 9.90. The van der Waals surface area contributed by atoms with Gasteiger partial charge in [0.25, 0.3) is 5.56 Å². The zero-order valence-electron chi connectivity index (χ0n) is 13.8. The van der Waals surface area contributed by atoms with Gasteiger partial charge in [0.15, 0.2) is 5.60 Å². The van der Waals surface area contributed by atoms with Gasteiger partial charge in [-0.25, -0.2) is 9.78 Å². The summed E-state index contributed by atoms with van der Waals surface area (Å²) in [4.78, 5) is 29.5. The second kappa shape index (κ2) is 4.70. The van der Waals surface area contributed by atoms with Crippen LogP contribution in [-0.2, 0) is 28.3 Å². The zero-order valence-corrected chi connectivity index (χ0v) is 13.8. The Kier molecular flexibility index (Phi) is 2.73. The van der Waals surface area contributed by atoms with Crippen molar-refractivity contribution < 1.29 is 19.7 Å². The highest BCUT2D eigenvalue weighted by Crippen LogP contribution is 2.37. The number of phenols is 1. The van der Waals surface area contributed by atoms with E-state index in [1.807, 2.05) is 6.07 Å². The topological polar surface area (TPSA) is 102 Å². The molecular weight excluding hydrogens is 336 g/mol. The van der Waals surface area contributed by atoms with Gasteiger partial charge in [-0.2, -0.15) is 0 Å². The number of pyridine rings is 2. The van der Waals surface area contributed by atoms with Gasteiger partial charge in [0, 0.05) is 16.5 Å². The number of carbonyl (C=O) groups excluding carboxylic acids is 1. The third-order valence-corrected chi connectivity index (χ3v) is 5.12. The van der Waals surface area contributed by atoms with E-state index in [4.69, 9.17) is 4.74 Å². The monoisotopic (exact) mass is 350 g/mol. The predicted molar refractivity (Wildman–Crippen MR) is 91.6 cm³/mol. The van der Waals surface area contributed by atoms with E-state index in [1.165, 1.54) is 6.92 Å². The number of hydrogen-bond acceptors (Lipinski definition) is 6. The fourth-order valence-corrected chi connectivity index (χ4v) is 3.72. The number of ether oxygens (including phenoxy) is 1. The van der Waals surface area contributed by atoms with E-state index in [2.05, 4.69) is 4.98 Å². The smallest absolute Gasteiger partial charge is 0.342 e. The molecule has 3 aromatic rings. The Bertz CT molecular complexity index is 1190. The normalized spacial score (nSPS) is 20.5. The molecule has 0 amide bonds. The van der Waals surface area contributed by atoms with Crippen LogP contribution in [0.25, 0.3) is 22.3 Å². The van der Waals surface area contributed by atoms with Crippen molar-refractivity contribution in [1.82, 2.24) is 9.55 Å². The van der Waals surface area contributed by atoms with Crippen molar-refractivity contribution in [3.8, 4) is 17.1 Å². The van der Waals surface area contributed by atoms with E-state index in [1.54, 1.807) is 28.8 Å². The summed E-state index contributed by atoms with van der Waals surface area (Å²) in [6.07, 6.45) is 0. The SMILES string of the molecule is CC1(O)C(=O)OCc2c1cc1n(c2=O)Cc2cc3cc(O)ccc3nc2-1. The fourth-order valence-electron chi connectivity index (χ4n) is 3.72. The molecule has 0 fully saturated rings. The minimum atomic E-state index is -1.87. The highest BCUT2D eigenvalue weighted by Gasteiger charge is 2.42. The van der Waals surface area contributed by atoms with Crippen LogP contribution in [0.4, 0.5) is 0 Å². The molecule has 0 saturated carbocycles. The molecule has 2 aliphatic heterocycles. The highest BCUT2D eigenvalue weighted by molar-refractivity contribution is 5.86. The minimum Gasteiger partial charge on any atom is -0.508 e. The molecule has 0 saturated heterocycles. The molecule has 4 heterocycles. The predicted octanol–water partition coefficient (Wildman–Crippen LogP) is 1.40. The van der Waals surface area contributed by atoms with E-state index >= 15 is 0 Å². The molecule has 0 spiro atoms. The van der Waals surface area contributed by atoms with Gasteiger partial charge >= 0.3 is 5.97 Å².